The lowest BCUT2D eigenvalue weighted by Gasteiger charge is -2.17. The van der Waals surface area contributed by atoms with Crippen molar-refractivity contribution in [1.82, 2.24) is 5.32 Å². The van der Waals surface area contributed by atoms with Gasteiger partial charge in [-0.05, 0) is 49.9 Å². The standard InChI is InChI=1S/C14H19NO2/c1-8-4-5-10(6-9(8)2)13(15-3)11-7-12(11)14(16)17/h4-6,11-13,15H,7H2,1-3H3,(H,16,17). The highest BCUT2D eigenvalue weighted by Crippen LogP contribution is 2.47. The van der Waals surface area contributed by atoms with Crippen LogP contribution in [0.4, 0.5) is 0 Å². The van der Waals surface area contributed by atoms with Crippen molar-refractivity contribution in [3.63, 3.8) is 0 Å². The van der Waals surface area contributed by atoms with E-state index in [1.807, 2.05) is 7.05 Å². The molecule has 0 bridgehead atoms. The third kappa shape index (κ3) is 2.34. The minimum atomic E-state index is -0.668. The van der Waals surface area contributed by atoms with Gasteiger partial charge in [0.15, 0.2) is 0 Å². The van der Waals surface area contributed by atoms with Gasteiger partial charge in [-0.25, -0.2) is 0 Å². The first-order valence-electron chi connectivity index (χ1n) is 6.01. The third-order valence-corrected chi connectivity index (χ3v) is 3.79. The molecular weight excluding hydrogens is 214 g/mol. The number of benzene rings is 1. The van der Waals surface area contributed by atoms with Crippen LogP contribution in [0, 0.1) is 25.7 Å². The number of hydrogen-bond donors (Lipinski definition) is 2. The van der Waals surface area contributed by atoms with Crippen molar-refractivity contribution < 1.29 is 9.90 Å². The molecule has 0 amide bonds. The molecule has 3 heteroatoms. The predicted molar refractivity (Wildman–Crippen MR) is 66.9 cm³/mol. The molecule has 1 aromatic carbocycles. The Hall–Kier alpha value is -1.35. The molecule has 0 radical (unpaired) electrons. The summed E-state index contributed by atoms with van der Waals surface area (Å²) in [4.78, 5) is 10.9. The SMILES string of the molecule is CNC(c1ccc(C)c(C)c1)C1CC1C(=O)O. The number of carboxylic acids is 1. The van der Waals surface area contributed by atoms with Gasteiger partial charge in [0.05, 0.1) is 5.92 Å². The molecular formula is C14H19NO2. The molecule has 17 heavy (non-hydrogen) atoms. The van der Waals surface area contributed by atoms with Crippen molar-refractivity contribution in [2.45, 2.75) is 26.3 Å². The van der Waals surface area contributed by atoms with Crippen LogP contribution in [0.3, 0.4) is 0 Å². The lowest BCUT2D eigenvalue weighted by Crippen LogP contribution is -2.20. The number of carboxylic acid groups (broad SMARTS) is 1. The number of aliphatic carboxylic acids is 1. The predicted octanol–water partition coefficient (Wildman–Crippen LogP) is 2.28. The first-order chi connectivity index (χ1) is 8.04. The molecule has 3 nitrogen and oxygen atoms in total. The first-order valence-corrected chi connectivity index (χ1v) is 6.01. The summed E-state index contributed by atoms with van der Waals surface area (Å²) < 4.78 is 0. The molecule has 1 aliphatic carbocycles. The van der Waals surface area contributed by atoms with Crippen LogP contribution in [0.5, 0.6) is 0 Å². The summed E-state index contributed by atoms with van der Waals surface area (Å²) in [7, 11) is 1.90. The molecule has 0 spiro atoms. The number of rotatable bonds is 4. The zero-order valence-corrected chi connectivity index (χ0v) is 10.5. The molecule has 0 aliphatic heterocycles. The quantitative estimate of drug-likeness (QED) is 0.838. The lowest BCUT2D eigenvalue weighted by molar-refractivity contribution is -0.138. The van der Waals surface area contributed by atoms with Crippen LogP contribution in [-0.4, -0.2) is 18.1 Å². The van der Waals surface area contributed by atoms with Gasteiger partial charge in [0.25, 0.3) is 0 Å². The summed E-state index contributed by atoms with van der Waals surface area (Å²) in [6.45, 7) is 4.18. The zero-order chi connectivity index (χ0) is 12.6. The fourth-order valence-electron chi connectivity index (χ4n) is 2.45. The molecule has 3 atom stereocenters. The smallest absolute Gasteiger partial charge is 0.306 e. The van der Waals surface area contributed by atoms with Crippen molar-refractivity contribution in [2.75, 3.05) is 7.05 Å². The molecule has 0 saturated heterocycles. The number of carbonyl (C=O) groups is 1. The summed E-state index contributed by atoms with van der Waals surface area (Å²) >= 11 is 0. The van der Waals surface area contributed by atoms with Gasteiger partial charge in [-0.2, -0.15) is 0 Å². The van der Waals surface area contributed by atoms with Crippen molar-refractivity contribution in [1.29, 1.82) is 0 Å². The van der Waals surface area contributed by atoms with E-state index in [1.165, 1.54) is 16.7 Å². The average Bonchev–Trinajstić information content (AvgIpc) is 3.04. The molecule has 92 valence electrons. The molecule has 2 rings (SSSR count). The summed E-state index contributed by atoms with van der Waals surface area (Å²) in [6, 6.07) is 6.53. The molecule has 2 N–H and O–H groups in total. The van der Waals surface area contributed by atoms with E-state index in [2.05, 4.69) is 37.4 Å². The second-order valence-electron chi connectivity index (χ2n) is 4.95. The summed E-state index contributed by atoms with van der Waals surface area (Å²) in [5, 5.41) is 12.2. The first kappa shape index (κ1) is 12.1. The zero-order valence-electron chi connectivity index (χ0n) is 10.5. The minimum Gasteiger partial charge on any atom is -0.481 e. The number of hydrogen-bond acceptors (Lipinski definition) is 2. The van der Waals surface area contributed by atoms with Gasteiger partial charge in [-0.1, -0.05) is 18.2 Å². The Morgan fingerprint density at radius 2 is 2.12 bits per heavy atom. The van der Waals surface area contributed by atoms with Crippen LogP contribution < -0.4 is 5.32 Å². The Balaban J connectivity index is 2.19. The van der Waals surface area contributed by atoms with Crippen molar-refractivity contribution in [3.8, 4) is 0 Å². The Morgan fingerprint density at radius 1 is 1.41 bits per heavy atom. The van der Waals surface area contributed by atoms with Gasteiger partial charge in [0.1, 0.15) is 0 Å². The van der Waals surface area contributed by atoms with E-state index >= 15 is 0 Å². The highest BCUT2D eigenvalue weighted by Gasteiger charge is 2.47. The molecule has 0 aromatic heterocycles. The fourth-order valence-corrected chi connectivity index (χ4v) is 2.45. The van der Waals surface area contributed by atoms with Crippen LogP contribution in [0.2, 0.25) is 0 Å². The Morgan fingerprint density at radius 3 is 2.59 bits per heavy atom. The second kappa shape index (κ2) is 4.49. The molecule has 1 aliphatic rings. The van der Waals surface area contributed by atoms with E-state index in [9.17, 15) is 4.79 Å². The normalized spacial score (nSPS) is 24.4. The van der Waals surface area contributed by atoms with Crippen LogP contribution in [0.15, 0.2) is 18.2 Å². The maximum Gasteiger partial charge on any atom is 0.306 e. The van der Waals surface area contributed by atoms with Gasteiger partial charge in [0.2, 0.25) is 0 Å². The Bertz CT molecular complexity index is 442. The van der Waals surface area contributed by atoms with E-state index < -0.39 is 5.97 Å². The van der Waals surface area contributed by atoms with E-state index in [0.29, 0.717) is 0 Å². The highest BCUT2D eigenvalue weighted by molar-refractivity contribution is 5.73. The van der Waals surface area contributed by atoms with Crippen LogP contribution in [0.1, 0.15) is 29.2 Å². The maximum absolute atomic E-state index is 10.9. The summed E-state index contributed by atoms with van der Waals surface area (Å²) in [5.74, 6) is -0.604. The summed E-state index contributed by atoms with van der Waals surface area (Å²) in [5.41, 5.74) is 3.73. The van der Waals surface area contributed by atoms with E-state index in [1.54, 1.807) is 0 Å². The van der Waals surface area contributed by atoms with E-state index in [-0.39, 0.29) is 17.9 Å². The largest absolute Gasteiger partial charge is 0.481 e. The Kier molecular flexibility index (Phi) is 3.20. The van der Waals surface area contributed by atoms with Crippen molar-refractivity contribution in [3.05, 3.63) is 34.9 Å². The van der Waals surface area contributed by atoms with E-state index in [0.717, 1.165) is 6.42 Å². The van der Waals surface area contributed by atoms with Crippen molar-refractivity contribution in [2.24, 2.45) is 11.8 Å². The van der Waals surface area contributed by atoms with Gasteiger partial charge in [-0.3, -0.25) is 4.79 Å². The van der Waals surface area contributed by atoms with Crippen molar-refractivity contribution >= 4 is 5.97 Å². The highest BCUT2D eigenvalue weighted by atomic mass is 16.4. The van der Waals surface area contributed by atoms with Crippen LogP contribution in [-0.2, 0) is 4.79 Å². The molecule has 1 aromatic rings. The van der Waals surface area contributed by atoms with Crippen LogP contribution in [0.25, 0.3) is 0 Å². The van der Waals surface area contributed by atoms with Gasteiger partial charge >= 0.3 is 5.97 Å². The number of nitrogens with one attached hydrogen (secondary N) is 1. The van der Waals surface area contributed by atoms with Gasteiger partial charge < -0.3 is 10.4 Å². The minimum absolute atomic E-state index is 0.162. The van der Waals surface area contributed by atoms with Gasteiger partial charge in [-0.15, -0.1) is 0 Å². The Labute approximate surface area is 102 Å². The average molecular weight is 233 g/mol. The van der Waals surface area contributed by atoms with Gasteiger partial charge in [0, 0.05) is 6.04 Å². The monoisotopic (exact) mass is 233 g/mol. The summed E-state index contributed by atoms with van der Waals surface area (Å²) in [6.07, 6.45) is 0.785. The second-order valence-corrected chi connectivity index (χ2v) is 4.95. The molecule has 1 saturated carbocycles. The topological polar surface area (TPSA) is 49.3 Å². The molecule has 1 fully saturated rings. The van der Waals surface area contributed by atoms with E-state index in [4.69, 9.17) is 5.11 Å². The molecule has 3 unspecified atom stereocenters. The lowest BCUT2D eigenvalue weighted by atomic mass is 9.97. The molecule has 0 heterocycles. The third-order valence-electron chi connectivity index (χ3n) is 3.79. The van der Waals surface area contributed by atoms with Crippen LogP contribution >= 0.6 is 0 Å². The maximum atomic E-state index is 10.9. The fraction of sp³-hybridized carbons (Fsp3) is 0.500. The number of aryl methyl sites for hydroxylation is 2.